The number of nitrogens with one attached hydrogen (secondary N) is 1. The molecule has 0 radical (unpaired) electrons. The molecule has 0 aromatic carbocycles. The fraction of sp³-hybridized carbons (Fsp3) is 0.429. The average molecular weight is 220 g/mol. The zero-order chi connectivity index (χ0) is 12.6. The normalized spacial score (nSPS) is 12.5. The SMILES string of the molecule is C=C/C(=C\C(C)=C/C)C(=C)N(C)CCNC. The Bertz CT molecular complexity index is 298. The third kappa shape index (κ3) is 4.99. The van der Waals surface area contributed by atoms with Gasteiger partial charge in [0.25, 0.3) is 0 Å². The van der Waals surface area contributed by atoms with Crippen molar-refractivity contribution in [1.82, 2.24) is 10.2 Å². The summed E-state index contributed by atoms with van der Waals surface area (Å²) < 4.78 is 0. The molecule has 0 aromatic heterocycles. The number of nitrogens with zero attached hydrogens (tertiary/aromatic N) is 1. The van der Waals surface area contributed by atoms with Gasteiger partial charge in [-0.2, -0.15) is 0 Å². The number of likely N-dealkylation sites (N-methyl/N-ethyl adjacent to an activating group) is 2. The summed E-state index contributed by atoms with van der Waals surface area (Å²) in [6.45, 7) is 13.9. The molecular weight excluding hydrogens is 196 g/mol. The van der Waals surface area contributed by atoms with E-state index in [0.717, 1.165) is 24.4 Å². The Morgan fingerprint density at radius 2 is 2.06 bits per heavy atom. The highest BCUT2D eigenvalue weighted by molar-refractivity contribution is 5.40. The Labute approximate surface area is 100 Å². The molecule has 0 bridgehead atoms. The molecule has 2 heteroatoms. The van der Waals surface area contributed by atoms with Gasteiger partial charge in [0.1, 0.15) is 0 Å². The molecule has 0 atom stereocenters. The van der Waals surface area contributed by atoms with E-state index in [-0.39, 0.29) is 0 Å². The van der Waals surface area contributed by atoms with Gasteiger partial charge in [0.05, 0.1) is 0 Å². The monoisotopic (exact) mass is 220 g/mol. The molecule has 0 saturated carbocycles. The van der Waals surface area contributed by atoms with Crippen molar-refractivity contribution < 1.29 is 0 Å². The van der Waals surface area contributed by atoms with Crippen LogP contribution in [-0.2, 0) is 0 Å². The lowest BCUT2D eigenvalue weighted by atomic mass is 10.1. The van der Waals surface area contributed by atoms with Crippen molar-refractivity contribution in [1.29, 1.82) is 0 Å². The molecule has 0 amide bonds. The van der Waals surface area contributed by atoms with Gasteiger partial charge in [-0.3, -0.25) is 0 Å². The summed E-state index contributed by atoms with van der Waals surface area (Å²) in [4.78, 5) is 2.13. The van der Waals surface area contributed by atoms with E-state index in [2.05, 4.69) is 42.5 Å². The standard InChI is InChI=1S/C14H24N2/c1-7-12(3)11-14(8-2)13(4)16(6)10-9-15-5/h7-8,11,15H,2,4,9-10H2,1,3,5-6H3/b12-7-,14-11+. The molecule has 0 unspecified atom stereocenters. The van der Waals surface area contributed by atoms with Crippen molar-refractivity contribution in [2.75, 3.05) is 27.2 Å². The number of hydrogen-bond donors (Lipinski definition) is 1. The van der Waals surface area contributed by atoms with Crippen LogP contribution in [0, 0.1) is 0 Å². The topological polar surface area (TPSA) is 15.3 Å². The van der Waals surface area contributed by atoms with E-state index in [0.29, 0.717) is 0 Å². The third-order valence-corrected chi connectivity index (χ3v) is 2.55. The van der Waals surface area contributed by atoms with Crippen LogP contribution in [0.15, 0.2) is 48.2 Å². The highest BCUT2D eigenvalue weighted by Crippen LogP contribution is 2.14. The molecule has 1 N–H and O–H groups in total. The van der Waals surface area contributed by atoms with Crippen LogP contribution in [0.4, 0.5) is 0 Å². The molecule has 0 rings (SSSR count). The summed E-state index contributed by atoms with van der Waals surface area (Å²) in [5.41, 5.74) is 3.30. The van der Waals surface area contributed by atoms with E-state index >= 15 is 0 Å². The summed E-state index contributed by atoms with van der Waals surface area (Å²) >= 11 is 0. The Hall–Kier alpha value is -1.28. The van der Waals surface area contributed by atoms with E-state index in [4.69, 9.17) is 0 Å². The van der Waals surface area contributed by atoms with Gasteiger partial charge in [0, 0.05) is 25.8 Å². The predicted molar refractivity (Wildman–Crippen MR) is 73.4 cm³/mol. The van der Waals surface area contributed by atoms with Crippen LogP contribution in [0.3, 0.4) is 0 Å². The van der Waals surface area contributed by atoms with Crippen molar-refractivity contribution in [3.8, 4) is 0 Å². The molecule has 2 nitrogen and oxygen atoms in total. The summed E-state index contributed by atoms with van der Waals surface area (Å²) in [5.74, 6) is 0. The van der Waals surface area contributed by atoms with Gasteiger partial charge in [0.15, 0.2) is 0 Å². The highest BCUT2D eigenvalue weighted by Gasteiger charge is 2.04. The number of rotatable bonds is 7. The largest absolute Gasteiger partial charge is 0.373 e. The smallest absolute Gasteiger partial charge is 0.0364 e. The van der Waals surface area contributed by atoms with Gasteiger partial charge in [-0.05, 0) is 26.5 Å². The highest BCUT2D eigenvalue weighted by atomic mass is 15.1. The Kier molecular flexibility index (Phi) is 7.31. The number of allylic oxidation sites excluding steroid dienone is 4. The molecule has 16 heavy (non-hydrogen) atoms. The van der Waals surface area contributed by atoms with Crippen molar-refractivity contribution in [2.24, 2.45) is 0 Å². The van der Waals surface area contributed by atoms with Gasteiger partial charge in [-0.25, -0.2) is 0 Å². The lowest BCUT2D eigenvalue weighted by Gasteiger charge is -2.22. The maximum atomic E-state index is 4.10. The van der Waals surface area contributed by atoms with Crippen LogP contribution >= 0.6 is 0 Å². The summed E-state index contributed by atoms with van der Waals surface area (Å²) in [7, 11) is 3.99. The molecule has 0 spiro atoms. The second kappa shape index (κ2) is 7.94. The zero-order valence-corrected chi connectivity index (χ0v) is 11.0. The molecule has 0 fully saturated rings. The van der Waals surface area contributed by atoms with Crippen LogP contribution in [0.2, 0.25) is 0 Å². The Morgan fingerprint density at radius 1 is 1.44 bits per heavy atom. The van der Waals surface area contributed by atoms with Crippen LogP contribution < -0.4 is 5.32 Å². The quantitative estimate of drug-likeness (QED) is 0.664. The van der Waals surface area contributed by atoms with Crippen LogP contribution in [0.25, 0.3) is 0 Å². The van der Waals surface area contributed by atoms with Gasteiger partial charge < -0.3 is 10.2 Å². The lowest BCUT2D eigenvalue weighted by molar-refractivity contribution is 0.425. The first-order valence-corrected chi connectivity index (χ1v) is 5.58. The van der Waals surface area contributed by atoms with E-state index in [1.165, 1.54) is 5.57 Å². The maximum absolute atomic E-state index is 4.10. The van der Waals surface area contributed by atoms with E-state index in [1.54, 1.807) is 0 Å². The van der Waals surface area contributed by atoms with Crippen LogP contribution in [0.1, 0.15) is 13.8 Å². The molecular formula is C14H24N2. The first-order chi connectivity index (χ1) is 7.56. The lowest BCUT2D eigenvalue weighted by Crippen LogP contribution is -2.27. The van der Waals surface area contributed by atoms with Gasteiger partial charge >= 0.3 is 0 Å². The first kappa shape index (κ1) is 14.7. The minimum atomic E-state index is 0.940. The summed E-state index contributed by atoms with van der Waals surface area (Å²) in [5, 5.41) is 3.12. The molecule has 90 valence electrons. The van der Waals surface area contributed by atoms with Crippen molar-refractivity contribution >= 4 is 0 Å². The molecule has 0 aromatic rings. The van der Waals surface area contributed by atoms with E-state index in [9.17, 15) is 0 Å². The molecule has 0 aliphatic rings. The third-order valence-electron chi connectivity index (χ3n) is 2.55. The van der Waals surface area contributed by atoms with Gasteiger partial charge in [-0.15, -0.1) is 0 Å². The second-order valence-corrected chi connectivity index (χ2v) is 3.81. The second-order valence-electron chi connectivity index (χ2n) is 3.81. The minimum absolute atomic E-state index is 0.940. The predicted octanol–water partition coefficient (Wildman–Crippen LogP) is 2.73. The molecule has 0 heterocycles. The fourth-order valence-corrected chi connectivity index (χ4v) is 1.22. The Morgan fingerprint density at radius 3 is 2.50 bits per heavy atom. The number of hydrogen-bond acceptors (Lipinski definition) is 2. The molecule has 0 aliphatic heterocycles. The van der Waals surface area contributed by atoms with Crippen molar-refractivity contribution in [2.45, 2.75) is 13.8 Å². The summed E-state index contributed by atoms with van der Waals surface area (Å²) in [6, 6.07) is 0. The van der Waals surface area contributed by atoms with Crippen molar-refractivity contribution in [3.05, 3.63) is 48.2 Å². The fourth-order valence-electron chi connectivity index (χ4n) is 1.22. The maximum Gasteiger partial charge on any atom is 0.0364 e. The van der Waals surface area contributed by atoms with Gasteiger partial charge in [-0.1, -0.05) is 37.0 Å². The Balaban J connectivity index is 4.65. The van der Waals surface area contributed by atoms with E-state index < -0.39 is 0 Å². The molecule has 0 aliphatic carbocycles. The molecule has 0 saturated heterocycles. The zero-order valence-electron chi connectivity index (χ0n) is 11.0. The summed E-state index contributed by atoms with van der Waals surface area (Å²) in [6.07, 6.45) is 6.03. The minimum Gasteiger partial charge on any atom is -0.373 e. The van der Waals surface area contributed by atoms with E-state index in [1.807, 2.05) is 27.1 Å². The van der Waals surface area contributed by atoms with Crippen LogP contribution in [0.5, 0.6) is 0 Å². The van der Waals surface area contributed by atoms with Crippen molar-refractivity contribution in [3.63, 3.8) is 0 Å². The van der Waals surface area contributed by atoms with Crippen LogP contribution in [-0.4, -0.2) is 32.1 Å². The first-order valence-electron chi connectivity index (χ1n) is 5.58. The van der Waals surface area contributed by atoms with Gasteiger partial charge in [0.2, 0.25) is 0 Å². The average Bonchev–Trinajstić information content (AvgIpc) is 2.31.